The van der Waals surface area contributed by atoms with Gasteiger partial charge in [-0.3, -0.25) is 4.79 Å². The highest BCUT2D eigenvalue weighted by Crippen LogP contribution is 2.09. The molecule has 0 aliphatic rings. The van der Waals surface area contributed by atoms with Gasteiger partial charge in [0.15, 0.2) is 0 Å². The van der Waals surface area contributed by atoms with E-state index < -0.39 is 0 Å². The average Bonchev–Trinajstić information content (AvgIpc) is 2.14. The highest BCUT2D eigenvalue weighted by molar-refractivity contribution is 5.66. The number of hydrogen-bond acceptors (Lipinski definition) is 2. The summed E-state index contributed by atoms with van der Waals surface area (Å²) in [5.74, 6) is -0.225. The van der Waals surface area contributed by atoms with E-state index in [-0.39, 0.29) is 5.97 Å². The lowest BCUT2D eigenvalue weighted by Gasteiger charge is -2.05. The van der Waals surface area contributed by atoms with Gasteiger partial charge in [0.25, 0.3) is 0 Å². The van der Waals surface area contributed by atoms with E-state index in [4.69, 9.17) is 4.74 Å². The molecule has 0 aromatic carbocycles. The third-order valence-electron chi connectivity index (χ3n) is 2.11. The van der Waals surface area contributed by atoms with Crippen LogP contribution in [-0.4, -0.2) is 12.6 Å². The zero-order valence-electron chi connectivity index (χ0n) is 9.47. The number of rotatable bonds is 8. The van der Waals surface area contributed by atoms with Crippen LogP contribution in [-0.2, 0) is 9.53 Å². The van der Waals surface area contributed by atoms with Gasteiger partial charge >= 0.3 is 5.97 Å². The van der Waals surface area contributed by atoms with E-state index in [2.05, 4.69) is 13.5 Å². The van der Waals surface area contributed by atoms with Crippen LogP contribution >= 0.6 is 0 Å². The number of ether oxygens (including phenoxy) is 1. The Hall–Kier alpha value is -0.790. The fraction of sp³-hybridized carbons (Fsp3) is 0.750. The Balaban J connectivity index is 3.22. The van der Waals surface area contributed by atoms with Crippen molar-refractivity contribution in [2.24, 2.45) is 0 Å². The minimum Gasteiger partial charge on any atom is -0.461 e. The van der Waals surface area contributed by atoms with Crippen LogP contribution < -0.4 is 0 Å². The van der Waals surface area contributed by atoms with Gasteiger partial charge in [-0.2, -0.15) is 0 Å². The van der Waals surface area contributed by atoms with Crippen molar-refractivity contribution < 1.29 is 9.53 Å². The summed E-state index contributed by atoms with van der Waals surface area (Å²) < 4.78 is 4.84. The molecule has 0 aromatic rings. The second kappa shape index (κ2) is 8.79. The molecule has 0 rings (SSSR count). The van der Waals surface area contributed by atoms with E-state index in [0.29, 0.717) is 6.61 Å². The number of carbonyl (C=O) groups is 1. The molecule has 0 heterocycles. The van der Waals surface area contributed by atoms with Crippen molar-refractivity contribution in [1.29, 1.82) is 0 Å². The van der Waals surface area contributed by atoms with Crippen LogP contribution in [0, 0.1) is 0 Å². The molecule has 82 valence electrons. The topological polar surface area (TPSA) is 26.3 Å². The summed E-state index contributed by atoms with van der Waals surface area (Å²) in [5, 5.41) is 0. The van der Waals surface area contributed by atoms with Crippen LogP contribution in [0.5, 0.6) is 0 Å². The quantitative estimate of drug-likeness (QED) is 0.339. The van der Waals surface area contributed by atoms with Gasteiger partial charge in [0.1, 0.15) is 6.61 Å². The zero-order chi connectivity index (χ0) is 10.8. The first-order chi connectivity index (χ1) is 6.66. The summed E-state index contributed by atoms with van der Waals surface area (Å²) in [6.45, 7) is 7.89. The summed E-state index contributed by atoms with van der Waals surface area (Å²) in [5.41, 5.74) is 1.02. The molecular formula is C12H22O2. The van der Waals surface area contributed by atoms with Gasteiger partial charge in [-0.1, -0.05) is 39.2 Å². The Kier molecular flexibility index (Phi) is 8.30. The van der Waals surface area contributed by atoms with E-state index in [1.807, 2.05) is 0 Å². The van der Waals surface area contributed by atoms with E-state index in [9.17, 15) is 4.79 Å². The SMILES string of the molecule is C=C(CCCCCCC)COC(C)=O. The van der Waals surface area contributed by atoms with Crippen molar-refractivity contribution in [2.75, 3.05) is 6.61 Å². The molecule has 0 radical (unpaired) electrons. The first-order valence-electron chi connectivity index (χ1n) is 5.46. The minimum atomic E-state index is -0.225. The summed E-state index contributed by atoms with van der Waals surface area (Å²) in [7, 11) is 0. The van der Waals surface area contributed by atoms with Crippen molar-refractivity contribution in [1.82, 2.24) is 0 Å². The number of carbonyl (C=O) groups excluding carboxylic acids is 1. The van der Waals surface area contributed by atoms with E-state index >= 15 is 0 Å². The summed E-state index contributed by atoms with van der Waals surface area (Å²) in [4.78, 5) is 10.5. The summed E-state index contributed by atoms with van der Waals surface area (Å²) >= 11 is 0. The summed E-state index contributed by atoms with van der Waals surface area (Å²) in [6.07, 6.45) is 7.30. The Morgan fingerprint density at radius 3 is 2.43 bits per heavy atom. The second-order valence-corrected chi connectivity index (χ2v) is 3.69. The van der Waals surface area contributed by atoms with Crippen molar-refractivity contribution in [3.63, 3.8) is 0 Å². The van der Waals surface area contributed by atoms with Gasteiger partial charge in [0.2, 0.25) is 0 Å². The standard InChI is InChI=1S/C12H22O2/c1-4-5-6-7-8-9-11(2)10-14-12(3)13/h2,4-10H2,1,3H3. The van der Waals surface area contributed by atoms with Crippen LogP contribution in [0.3, 0.4) is 0 Å². The Morgan fingerprint density at radius 2 is 1.86 bits per heavy atom. The molecule has 0 unspecified atom stereocenters. The maximum atomic E-state index is 10.5. The fourth-order valence-corrected chi connectivity index (χ4v) is 1.25. The molecule has 0 saturated heterocycles. The predicted molar refractivity (Wildman–Crippen MR) is 59.1 cm³/mol. The van der Waals surface area contributed by atoms with E-state index in [1.54, 1.807) is 0 Å². The van der Waals surface area contributed by atoms with Crippen molar-refractivity contribution in [2.45, 2.75) is 52.4 Å². The van der Waals surface area contributed by atoms with E-state index in [0.717, 1.165) is 12.0 Å². The first-order valence-corrected chi connectivity index (χ1v) is 5.46. The van der Waals surface area contributed by atoms with Gasteiger partial charge in [-0.15, -0.1) is 0 Å². The van der Waals surface area contributed by atoms with E-state index in [1.165, 1.54) is 39.0 Å². The number of hydrogen-bond donors (Lipinski definition) is 0. The summed E-state index contributed by atoms with van der Waals surface area (Å²) in [6, 6.07) is 0. The molecular weight excluding hydrogens is 176 g/mol. The molecule has 0 saturated carbocycles. The van der Waals surface area contributed by atoms with Crippen LogP contribution in [0.1, 0.15) is 52.4 Å². The second-order valence-electron chi connectivity index (χ2n) is 3.69. The lowest BCUT2D eigenvalue weighted by molar-refractivity contribution is -0.140. The van der Waals surface area contributed by atoms with Gasteiger partial charge in [-0.25, -0.2) is 0 Å². The molecule has 0 N–H and O–H groups in total. The van der Waals surface area contributed by atoms with Crippen molar-refractivity contribution >= 4 is 5.97 Å². The third kappa shape index (κ3) is 9.30. The maximum Gasteiger partial charge on any atom is 0.302 e. The van der Waals surface area contributed by atoms with Crippen LogP contribution in [0.25, 0.3) is 0 Å². The lowest BCUT2D eigenvalue weighted by Crippen LogP contribution is -2.02. The largest absolute Gasteiger partial charge is 0.461 e. The molecule has 0 aliphatic carbocycles. The smallest absolute Gasteiger partial charge is 0.302 e. The van der Waals surface area contributed by atoms with Crippen molar-refractivity contribution in [3.05, 3.63) is 12.2 Å². The molecule has 0 spiro atoms. The predicted octanol–water partition coefficient (Wildman–Crippen LogP) is 3.47. The Labute approximate surface area is 87.3 Å². The molecule has 0 amide bonds. The zero-order valence-corrected chi connectivity index (χ0v) is 9.47. The molecule has 14 heavy (non-hydrogen) atoms. The molecule has 2 heteroatoms. The van der Waals surface area contributed by atoms with Gasteiger partial charge in [0, 0.05) is 6.92 Å². The lowest BCUT2D eigenvalue weighted by atomic mass is 10.1. The highest BCUT2D eigenvalue weighted by atomic mass is 16.5. The van der Waals surface area contributed by atoms with Gasteiger partial charge in [-0.05, 0) is 18.4 Å². The maximum absolute atomic E-state index is 10.5. The molecule has 0 aromatic heterocycles. The van der Waals surface area contributed by atoms with Crippen LogP contribution in [0.4, 0.5) is 0 Å². The fourth-order valence-electron chi connectivity index (χ4n) is 1.25. The molecule has 0 aliphatic heterocycles. The average molecular weight is 198 g/mol. The molecule has 0 fully saturated rings. The normalized spacial score (nSPS) is 9.86. The number of unbranched alkanes of at least 4 members (excludes halogenated alkanes) is 4. The number of esters is 1. The monoisotopic (exact) mass is 198 g/mol. The Bertz CT molecular complexity index is 173. The van der Waals surface area contributed by atoms with Crippen LogP contribution in [0.2, 0.25) is 0 Å². The van der Waals surface area contributed by atoms with Crippen molar-refractivity contribution in [3.8, 4) is 0 Å². The minimum absolute atomic E-state index is 0.225. The van der Waals surface area contributed by atoms with Gasteiger partial charge in [0.05, 0.1) is 0 Å². The molecule has 2 nitrogen and oxygen atoms in total. The van der Waals surface area contributed by atoms with Crippen LogP contribution in [0.15, 0.2) is 12.2 Å². The van der Waals surface area contributed by atoms with Gasteiger partial charge < -0.3 is 4.74 Å². The third-order valence-corrected chi connectivity index (χ3v) is 2.11. The molecule has 0 atom stereocenters. The first kappa shape index (κ1) is 13.2. The molecule has 0 bridgehead atoms. The Morgan fingerprint density at radius 1 is 1.21 bits per heavy atom. The highest BCUT2D eigenvalue weighted by Gasteiger charge is 1.97.